The lowest BCUT2D eigenvalue weighted by molar-refractivity contribution is -0.132. The summed E-state index contributed by atoms with van der Waals surface area (Å²) in [5.74, 6) is 0.286. The molecule has 146 valence electrons. The summed E-state index contributed by atoms with van der Waals surface area (Å²) < 4.78 is 0. The highest BCUT2D eigenvalue weighted by atomic mass is 16.2. The molecule has 2 N–H and O–H groups in total. The second-order valence-corrected chi connectivity index (χ2v) is 9.87. The summed E-state index contributed by atoms with van der Waals surface area (Å²) in [7, 11) is 0. The highest BCUT2D eigenvalue weighted by molar-refractivity contribution is 5.82. The molecule has 0 radical (unpaired) electrons. The first kappa shape index (κ1) is 22.0. The predicted molar refractivity (Wildman–Crippen MR) is 104 cm³/mol. The first-order valence-electron chi connectivity index (χ1n) is 9.95. The maximum Gasteiger partial charge on any atom is 0.226 e. The van der Waals surface area contributed by atoms with Crippen molar-refractivity contribution in [2.75, 3.05) is 6.54 Å². The van der Waals surface area contributed by atoms with Crippen LogP contribution in [0.2, 0.25) is 0 Å². The highest BCUT2D eigenvalue weighted by Crippen LogP contribution is 2.46. The molecule has 4 heteroatoms. The predicted octanol–water partition coefficient (Wildman–Crippen LogP) is 4.29. The van der Waals surface area contributed by atoms with Gasteiger partial charge in [0.1, 0.15) is 0 Å². The molecule has 1 rings (SSSR count). The molecule has 0 heterocycles. The minimum Gasteiger partial charge on any atom is -0.355 e. The van der Waals surface area contributed by atoms with Gasteiger partial charge in [-0.15, -0.1) is 0 Å². The minimum absolute atomic E-state index is 0.00511. The minimum atomic E-state index is -0.288. The number of hydrogen-bond donors (Lipinski definition) is 2. The lowest BCUT2D eigenvalue weighted by Crippen LogP contribution is -2.52. The molecule has 0 spiro atoms. The Kier molecular flexibility index (Phi) is 7.12. The third kappa shape index (κ3) is 6.00. The van der Waals surface area contributed by atoms with Gasteiger partial charge in [-0.2, -0.15) is 0 Å². The topological polar surface area (TPSA) is 58.2 Å². The average Bonchev–Trinajstić information content (AvgIpc) is 2.49. The molecule has 0 aromatic heterocycles. The maximum absolute atomic E-state index is 12.8. The van der Waals surface area contributed by atoms with Crippen LogP contribution in [0.15, 0.2) is 0 Å². The van der Waals surface area contributed by atoms with Crippen LogP contribution in [0.4, 0.5) is 0 Å². The zero-order valence-corrected chi connectivity index (χ0v) is 17.7. The van der Waals surface area contributed by atoms with Crippen molar-refractivity contribution in [2.24, 2.45) is 22.2 Å². The average molecular weight is 353 g/mol. The zero-order valence-electron chi connectivity index (χ0n) is 17.7. The van der Waals surface area contributed by atoms with Gasteiger partial charge >= 0.3 is 0 Å². The zero-order chi connectivity index (χ0) is 19.5. The summed E-state index contributed by atoms with van der Waals surface area (Å²) in [5.41, 5.74) is -0.120. The van der Waals surface area contributed by atoms with E-state index in [4.69, 9.17) is 0 Å². The Morgan fingerprint density at radius 3 is 2.16 bits per heavy atom. The summed E-state index contributed by atoms with van der Waals surface area (Å²) in [4.78, 5) is 24.8. The highest BCUT2D eigenvalue weighted by Gasteiger charge is 2.43. The first-order valence-corrected chi connectivity index (χ1v) is 9.95. The van der Waals surface area contributed by atoms with Gasteiger partial charge in [-0.1, -0.05) is 55.4 Å². The second kappa shape index (κ2) is 8.09. The lowest BCUT2D eigenvalue weighted by atomic mass is 9.62. The van der Waals surface area contributed by atoms with E-state index < -0.39 is 0 Å². The van der Waals surface area contributed by atoms with Crippen molar-refractivity contribution in [1.29, 1.82) is 0 Å². The molecule has 0 aromatic carbocycles. The van der Waals surface area contributed by atoms with Gasteiger partial charge in [-0.05, 0) is 42.9 Å². The number of rotatable bonds is 7. The molecule has 0 saturated heterocycles. The van der Waals surface area contributed by atoms with Gasteiger partial charge in [-0.25, -0.2) is 0 Å². The van der Waals surface area contributed by atoms with Gasteiger partial charge in [0.2, 0.25) is 11.8 Å². The van der Waals surface area contributed by atoms with Crippen molar-refractivity contribution >= 4 is 11.8 Å². The van der Waals surface area contributed by atoms with Crippen molar-refractivity contribution in [1.82, 2.24) is 10.6 Å². The molecule has 2 unspecified atom stereocenters. The quantitative estimate of drug-likeness (QED) is 0.718. The van der Waals surface area contributed by atoms with E-state index in [2.05, 4.69) is 52.2 Å². The molecule has 0 aliphatic heterocycles. The number of hydrogen-bond acceptors (Lipinski definition) is 2. The van der Waals surface area contributed by atoms with E-state index in [0.717, 1.165) is 32.1 Å². The van der Waals surface area contributed by atoms with Crippen LogP contribution in [0.25, 0.3) is 0 Å². The van der Waals surface area contributed by atoms with Crippen molar-refractivity contribution in [3.8, 4) is 0 Å². The monoisotopic (exact) mass is 352 g/mol. The maximum atomic E-state index is 12.8. The molecule has 1 aliphatic rings. The van der Waals surface area contributed by atoms with Gasteiger partial charge in [0.25, 0.3) is 0 Å². The van der Waals surface area contributed by atoms with Crippen molar-refractivity contribution < 1.29 is 9.59 Å². The number of nitrogens with one attached hydrogen (secondary N) is 2. The molecule has 1 fully saturated rings. The van der Waals surface area contributed by atoms with Crippen LogP contribution >= 0.6 is 0 Å². The third-order valence-electron chi connectivity index (χ3n) is 6.10. The van der Waals surface area contributed by atoms with Crippen LogP contribution in [0.1, 0.15) is 87.5 Å². The standard InChI is InChI=1S/C21H40N2O2/c1-9-21(8,10-2)18(25)23-16-11-19(5,6)13-20(7,12-16)14-22-17(24)15(3)4/h15-16H,9-14H2,1-8H3,(H,22,24)(H,23,25). The smallest absolute Gasteiger partial charge is 0.226 e. The van der Waals surface area contributed by atoms with E-state index in [9.17, 15) is 9.59 Å². The fourth-order valence-electron chi connectivity index (χ4n) is 4.31. The Morgan fingerprint density at radius 1 is 1.12 bits per heavy atom. The number of carbonyl (C=O) groups is 2. The van der Waals surface area contributed by atoms with Crippen molar-refractivity contribution in [3.63, 3.8) is 0 Å². The van der Waals surface area contributed by atoms with Crippen LogP contribution in [0.3, 0.4) is 0 Å². The van der Waals surface area contributed by atoms with Crippen LogP contribution < -0.4 is 10.6 Å². The fourth-order valence-corrected chi connectivity index (χ4v) is 4.31. The first-order chi connectivity index (χ1) is 11.4. The normalized spacial score (nSPS) is 26.4. The molecule has 1 aliphatic carbocycles. The van der Waals surface area contributed by atoms with Crippen LogP contribution in [0.5, 0.6) is 0 Å². The van der Waals surface area contributed by atoms with Gasteiger partial charge in [0, 0.05) is 23.9 Å². The summed E-state index contributed by atoms with van der Waals surface area (Å²) in [6.07, 6.45) is 4.68. The molecule has 25 heavy (non-hydrogen) atoms. The molecule has 2 atom stereocenters. The van der Waals surface area contributed by atoms with E-state index in [0.29, 0.717) is 6.54 Å². The Balaban J connectivity index is 2.82. The summed E-state index contributed by atoms with van der Waals surface area (Å²) in [6, 6.07) is 0.176. The van der Waals surface area contributed by atoms with Gasteiger partial charge in [0.15, 0.2) is 0 Å². The van der Waals surface area contributed by atoms with Gasteiger partial charge in [-0.3, -0.25) is 9.59 Å². The molecule has 0 aromatic rings. The van der Waals surface area contributed by atoms with Crippen molar-refractivity contribution in [3.05, 3.63) is 0 Å². The molecule has 0 bridgehead atoms. The Morgan fingerprint density at radius 2 is 1.68 bits per heavy atom. The van der Waals surface area contributed by atoms with E-state index in [-0.39, 0.29) is 40.0 Å². The van der Waals surface area contributed by atoms with Crippen LogP contribution in [-0.4, -0.2) is 24.4 Å². The molecule has 1 saturated carbocycles. The Hall–Kier alpha value is -1.06. The largest absolute Gasteiger partial charge is 0.355 e. The Bertz CT molecular complexity index is 480. The molecule has 4 nitrogen and oxygen atoms in total. The SMILES string of the molecule is CCC(C)(CC)C(=O)NC1CC(C)(C)CC(C)(CNC(=O)C(C)C)C1. The van der Waals surface area contributed by atoms with Crippen molar-refractivity contribution in [2.45, 2.75) is 93.5 Å². The third-order valence-corrected chi connectivity index (χ3v) is 6.10. The number of carbonyl (C=O) groups excluding carboxylic acids is 2. The molecular weight excluding hydrogens is 312 g/mol. The fraction of sp³-hybridized carbons (Fsp3) is 0.905. The molecule has 2 amide bonds. The van der Waals surface area contributed by atoms with E-state index in [1.54, 1.807) is 0 Å². The number of amides is 2. The van der Waals surface area contributed by atoms with E-state index >= 15 is 0 Å². The summed E-state index contributed by atoms with van der Waals surface area (Å²) in [6.45, 7) is 17.5. The molecular formula is C21H40N2O2. The lowest BCUT2D eigenvalue weighted by Gasteiger charge is -2.47. The summed E-state index contributed by atoms with van der Waals surface area (Å²) in [5, 5.41) is 6.44. The van der Waals surface area contributed by atoms with Crippen LogP contribution in [-0.2, 0) is 9.59 Å². The van der Waals surface area contributed by atoms with Gasteiger partial charge in [0.05, 0.1) is 0 Å². The summed E-state index contributed by atoms with van der Waals surface area (Å²) >= 11 is 0. The van der Waals surface area contributed by atoms with E-state index in [1.807, 2.05) is 13.8 Å². The Labute approximate surface area is 154 Å². The van der Waals surface area contributed by atoms with Gasteiger partial charge < -0.3 is 10.6 Å². The van der Waals surface area contributed by atoms with E-state index in [1.165, 1.54) is 0 Å². The second-order valence-electron chi connectivity index (χ2n) is 9.87. The van der Waals surface area contributed by atoms with Crippen LogP contribution in [0, 0.1) is 22.2 Å².